The minimum absolute atomic E-state index is 0.00782. The fraction of sp³-hybridized carbons (Fsp3) is 0.500. The van der Waals surface area contributed by atoms with Gasteiger partial charge in [-0.15, -0.1) is 0 Å². The van der Waals surface area contributed by atoms with Gasteiger partial charge in [-0.05, 0) is 18.9 Å². The molecule has 1 aromatic rings. The van der Waals surface area contributed by atoms with E-state index in [9.17, 15) is 9.90 Å². The molecule has 4 N–H and O–H groups in total. The topological polar surface area (TPSA) is 92.8 Å². The number of aryl methyl sites for hydroxylation is 1. The van der Waals surface area contributed by atoms with Crippen LogP contribution in [0.1, 0.15) is 17.5 Å². The van der Waals surface area contributed by atoms with Gasteiger partial charge in [0.1, 0.15) is 5.41 Å². The van der Waals surface area contributed by atoms with Gasteiger partial charge >= 0.3 is 5.97 Å². The van der Waals surface area contributed by atoms with Gasteiger partial charge in [-0.3, -0.25) is 4.79 Å². The molecule has 0 aliphatic carbocycles. The number of aliphatic hydroxyl groups excluding tert-OH is 1. The minimum Gasteiger partial charge on any atom is -0.481 e. The Labute approximate surface area is 113 Å². The van der Waals surface area contributed by atoms with E-state index < -0.39 is 11.4 Å². The summed E-state index contributed by atoms with van der Waals surface area (Å²) in [7, 11) is 0. The highest BCUT2D eigenvalue weighted by Crippen LogP contribution is 2.28. The Balaban J connectivity index is 2.91. The number of hydrogen-bond donors (Lipinski definition) is 3. The Bertz CT molecular complexity index is 404. The highest BCUT2D eigenvalue weighted by Gasteiger charge is 2.38. The van der Waals surface area contributed by atoms with Crippen LogP contribution in [0.4, 0.5) is 0 Å². The molecule has 0 radical (unpaired) electrons. The van der Waals surface area contributed by atoms with Gasteiger partial charge < -0.3 is 20.7 Å². The number of hydrogen-bond acceptors (Lipinski definition) is 4. The molecule has 106 valence electrons. The van der Waals surface area contributed by atoms with Gasteiger partial charge in [-0.2, -0.15) is 0 Å². The first-order chi connectivity index (χ1) is 9.06. The molecule has 1 rings (SSSR count). The lowest BCUT2D eigenvalue weighted by atomic mass is 9.77. The molecule has 0 saturated heterocycles. The lowest BCUT2D eigenvalue weighted by Crippen LogP contribution is -2.44. The first-order valence-electron chi connectivity index (χ1n) is 6.26. The molecule has 1 aromatic carbocycles. The van der Waals surface area contributed by atoms with Gasteiger partial charge in [0.15, 0.2) is 0 Å². The van der Waals surface area contributed by atoms with Crippen molar-refractivity contribution in [3.05, 3.63) is 35.4 Å². The highest BCUT2D eigenvalue weighted by atomic mass is 16.5. The van der Waals surface area contributed by atoms with Gasteiger partial charge in [0.25, 0.3) is 0 Å². The van der Waals surface area contributed by atoms with Crippen LogP contribution in [0.15, 0.2) is 24.3 Å². The number of benzene rings is 1. The molecule has 1 unspecified atom stereocenters. The lowest BCUT2D eigenvalue weighted by molar-refractivity contribution is -0.144. The predicted molar refractivity (Wildman–Crippen MR) is 72.1 cm³/mol. The first-order valence-corrected chi connectivity index (χ1v) is 6.26. The van der Waals surface area contributed by atoms with E-state index in [2.05, 4.69) is 0 Å². The summed E-state index contributed by atoms with van der Waals surface area (Å²) in [4.78, 5) is 11.6. The smallest absolute Gasteiger partial charge is 0.315 e. The van der Waals surface area contributed by atoms with E-state index in [1.165, 1.54) is 0 Å². The van der Waals surface area contributed by atoms with E-state index in [-0.39, 0.29) is 32.8 Å². The second-order valence-electron chi connectivity index (χ2n) is 4.54. The average molecular weight is 267 g/mol. The molecule has 0 saturated carbocycles. The molecule has 0 aromatic heterocycles. The SMILES string of the molecule is Cc1ccc(C(CN)(CCOCCO)C(=O)O)cc1. The third-order valence-electron chi connectivity index (χ3n) is 3.27. The summed E-state index contributed by atoms with van der Waals surface area (Å²) in [5, 5.41) is 18.2. The van der Waals surface area contributed by atoms with Crippen molar-refractivity contribution in [2.75, 3.05) is 26.4 Å². The molecule has 5 heteroatoms. The van der Waals surface area contributed by atoms with Crippen LogP contribution in [-0.4, -0.2) is 42.5 Å². The quantitative estimate of drug-likeness (QED) is 0.602. The number of ether oxygens (including phenoxy) is 1. The zero-order valence-corrected chi connectivity index (χ0v) is 11.1. The third-order valence-corrected chi connectivity index (χ3v) is 3.27. The van der Waals surface area contributed by atoms with Gasteiger partial charge in [0.2, 0.25) is 0 Å². The van der Waals surface area contributed by atoms with Crippen molar-refractivity contribution >= 4 is 5.97 Å². The van der Waals surface area contributed by atoms with Gasteiger partial charge in [-0.25, -0.2) is 0 Å². The molecular formula is C14H21NO4. The molecule has 1 atom stereocenters. The van der Waals surface area contributed by atoms with Crippen molar-refractivity contribution in [1.82, 2.24) is 0 Å². The molecule has 0 heterocycles. The molecule has 0 fully saturated rings. The fourth-order valence-electron chi connectivity index (χ4n) is 1.97. The van der Waals surface area contributed by atoms with Gasteiger partial charge in [0.05, 0.1) is 13.2 Å². The van der Waals surface area contributed by atoms with E-state index >= 15 is 0 Å². The number of carbonyl (C=O) groups is 1. The summed E-state index contributed by atoms with van der Waals surface area (Å²) in [5.74, 6) is -0.952. The maximum atomic E-state index is 11.6. The summed E-state index contributed by atoms with van der Waals surface area (Å²) >= 11 is 0. The van der Waals surface area contributed by atoms with Crippen molar-refractivity contribution in [3.8, 4) is 0 Å². The summed E-state index contributed by atoms with van der Waals surface area (Å²) < 4.78 is 5.17. The lowest BCUT2D eigenvalue weighted by Gasteiger charge is -2.28. The van der Waals surface area contributed by atoms with Crippen LogP contribution in [0, 0.1) is 6.92 Å². The number of carboxylic acids is 1. The van der Waals surface area contributed by atoms with Crippen LogP contribution in [0.2, 0.25) is 0 Å². The van der Waals surface area contributed by atoms with Crippen molar-refractivity contribution in [2.45, 2.75) is 18.8 Å². The van der Waals surface area contributed by atoms with Crippen LogP contribution >= 0.6 is 0 Å². The van der Waals surface area contributed by atoms with E-state index in [4.69, 9.17) is 15.6 Å². The Morgan fingerprint density at radius 3 is 2.42 bits per heavy atom. The second-order valence-corrected chi connectivity index (χ2v) is 4.54. The van der Waals surface area contributed by atoms with Crippen LogP contribution in [-0.2, 0) is 14.9 Å². The molecule has 5 nitrogen and oxygen atoms in total. The summed E-state index contributed by atoms with van der Waals surface area (Å²) in [6.45, 7) is 2.33. The molecule has 0 spiro atoms. The Morgan fingerprint density at radius 2 is 1.95 bits per heavy atom. The second kappa shape index (κ2) is 7.23. The average Bonchev–Trinajstić information content (AvgIpc) is 2.40. The standard InChI is InChI=1S/C14H21NO4/c1-11-2-4-12(5-3-11)14(10-15,13(17)18)6-8-19-9-7-16/h2-5,16H,6-10,15H2,1H3,(H,17,18). The molecule has 0 aliphatic heterocycles. The van der Waals surface area contributed by atoms with Crippen LogP contribution in [0.25, 0.3) is 0 Å². The van der Waals surface area contributed by atoms with Crippen molar-refractivity contribution in [1.29, 1.82) is 0 Å². The monoisotopic (exact) mass is 267 g/mol. The third kappa shape index (κ3) is 3.76. The molecule has 0 bridgehead atoms. The van der Waals surface area contributed by atoms with E-state index in [1.807, 2.05) is 19.1 Å². The largest absolute Gasteiger partial charge is 0.481 e. The number of carboxylic acid groups (broad SMARTS) is 1. The van der Waals surface area contributed by atoms with Gasteiger partial charge in [-0.1, -0.05) is 29.8 Å². The maximum absolute atomic E-state index is 11.6. The Kier molecular flexibility index (Phi) is 5.95. The molecular weight excluding hydrogens is 246 g/mol. The zero-order valence-electron chi connectivity index (χ0n) is 11.1. The number of rotatable bonds is 8. The first kappa shape index (κ1) is 15.6. The van der Waals surface area contributed by atoms with Crippen molar-refractivity contribution < 1.29 is 19.7 Å². The van der Waals surface area contributed by atoms with Gasteiger partial charge in [0, 0.05) is 13.2 Å². The fourth-order valence-corrected chi connectivity index (χ4v) is 1.97. The maximum Gasteiger partial charge on any atom is 0.315 e. The molecule has 19 heavy (non-hydrogen) atoms. The Morgan fingerprint density at radius 1 is 1.32 bits per heavy atom. The van der Waals surface area contributed by atoms with Crippen LogP contribution < -0.4 is 5.73 Å². The van der Waals surface area contributed by atoms with Crippen LogP contribution in [0.3, 0.4) is 0 Å². The highest BCUT2D eigenvalue weighted by molar-refractivity contribution is 5.81. The van der Waals surface area contributed by atoms with Crippen LogP contribution in [0.5, 0.6) is 0 Å². The summed E-state index contributed by atoms with van der Waals surface area (Å²) in [6, 6.07) is 7.33. The van der Waals surface area contributed by atoms with E-state index in [1.54, 1.807) is 12.1 Å². The summed E-state index contributed by atoms with van der Waals surface area (Å²) in [6.07, 6.45) is 0.280. The van der Waals surface area contributed by atoms with Crippen molar-refractivity contribution in [2.24, 2.45) is 5.73 Å². The normalized spacial score (nSPS) is 14.1. The number of aliphatic hydroxyl groups is 1. The summed E-state index contributed by atoms with van der Waals surface area (Å²) in [5.41, 5.74) is 6.32. The zero-order chi connectivity index (χ0) is 14.3. The number of nitrogens with two attached hydrogens (primary N) is 1. The van der Waals surface area contributed by atoms with Crippen molar-refractivity contribution in [3.63, 3.8) is 0 Å². The minimum atomic E-state index is -1.14. The molecule has 0 aliphatic rings. The van der Waals surface area contributed by atoms with E-state index in [0.29, 0.717) is 5.56 Å². The predicted octanol–water partition coefficient (Wildman–Crippen LogP) is 0.675. The van der Waals surface area contributed by atoms with E-state index in [0.717, 1.165) is 5.56 Å². The molecule has 0 amide bonds. The Hall–Kier alpha value is -1.43. The number of aliphatic carboxylic acids is 1.